The molecule has 2 aromatic heterocycles. The molecule has 0 unspecified atom stereocenters. The molecule has 8 nitrogen and oxygen atoms in total. The Bertz CT molecular complexity index is 1570. The minimum absolute atomic E-state index is 0.143. The van der Waals surface area contributed by atoms with E-state index >= 15 is 0 Å². The van der Waals surface area contributed by atoms with Gasteiger partial charge in [-0.3, -0.25) is 9.59 Å². The Morgan fingerprint density at radius 2 is 1.70 bits per heavy atom. The summed E-state index contributed by atoms with van der Waals surface area (Å²) in [4.78, 5) is 38.9. The van der Waals surface area contributed by atoms with Crippen molar-refractivity contribution in [2.45, 2.75) is 37.6 Å². The smallest absolute Gasteiger partial charge is 0.450 e. The molecular formula is C28H24BrN3O5. The fourth-order valence-electron chi connectivity index (χ4n) is 4.28. The van der Waals surface area contributed by atoms with Crippen LogP contribution in [0.5, 0.6) is 0 Å². The largest absolute Gasteiger partial charge is 0.503 e. The number of carbonyl (C=O) groups is 2. The van der Waals surface area contributed by atoms with Gasteiger partial charge in [-0.2, -0.15) is 0 Å². The minimum Gasteiger partial charge on any atom is -0.450 e. The van der Waals surface area contributed by atoms with Crippen LogP contribution in [0.1, 0.15) is 47.5 Å². The summed E-state index contributed by atoms with van der Waals surface area (Å²) in [6, 6.07) is 18.3. The van der Waals surface area contributed by atoms with Crippen molar-refractivity contribution < 1.29 is 19.8 Å². The number of hydrogen-bond donors (Lipinski definition) is 3. The molecule has 2 fully saturated rings. The van der Waals surface area contributed by atoms with Crippen molar-refractivity contribution in [2.24, 2.45) is 0 Å². The molecule has 37 heavy (non-hydrogen) atoms. The van der Waals surface area contributed by atoms with E-state index in [2.05, 4.69) is 56.6 Å². The molecule has 2 heterocycles. The summed E-state index contributed by atoms with van der Waals surface area (Å²) in [5.41, 5.74) is 4.77. The number of benzene rings is 2. The van der Waals surface area contributed by atoms with Gasteiger partial charge in [0.25, 0.3) is 5.91 Å². The Hall–Kier alpha value is -3.98. The average molecular weight is 562 g/mol. The number of nitrogens with zero attached hydrogens (tertiary/aromatic N) is 2. The molecule has 6 rings (SSSR count). The van der Waals surface area contributed by atoms with Crippen molar-refractivity contribution in [1.82, 2.24) is 14.9 Å². The maximum Gasteiger partial charge on any atom is 0.503 e. The van der Waals surface area contributed by atoms with Gasteiger partial charge < -0.3 is 20.1 Å². The lowest BCUT2D eigenvalue weighted by molar-refractivity contribution is 0.0949. The second-order valence-corrected chi connectivity index (χ2v) is 10.1. The highest BCUT2D eigenvalue weighted by atomic mass is 79.9. The maximum atomic E-state index is 13.1. The molecule has 188 valence electrons. The molecule has 2 aliphatic carbocycles. The molecular weight excluding hydrogens is 538 g/mol. The first kappa shape index (κ1) is 24.7. The molecule has 0 radical (unpaired) electrons. The van der Waals surface area contributed by atoms with E-state index in [9.17, 15) is 9.59 Å². The van der Waals surface area contributed by atoms with Gasteiger partial charge in [-0.1, -0.05) is 40.2 Å². The zero-order valence-electron chi connectivity index (χ0n) is 19.7. The Morgan fingerprint density at radius 3 is 2.38 bits per heavy atom. The number of amides is 1. The fraction of sp³-hybridized carbons (Fsp3) is 0.214. The van der Waals surface area contributed by atoms with Crippen LogP contribution in [-0.4, -0.2) is 37.9 Å². The number of carbonyl (C=O) groups excluding carboxylic acids is 1. The van der Waals surface area contributed by atoms with E-state index in [4.69, 9.17) is 15.0 Å². The number of rotatable bonds is 5. The first-order chi connectivity index (χ1) is 17.8. The van der Waals surface area contributed by atoms with E-state index < -0.39 is 6.16 Å². The number of halogens is 1. The fourth-order valence-corrected chi connectivity index (χ4v) is 4.98. The molecule has 0 aliphatic heterocycles. The zero-order chi connectivity index (χ0) is 26.1. The average Bonchev–Trinajstić information content (AvgIpc) is 3.80. The van der Waals surface area contributed by atoms with Crippen molar-refractivity contribution in [3.05, 3.63) is 92.8 Å². The van der Waals surface area contributed by atoms with E-state index in [1.54, 1.807) is 24.5 Å². The Balaban J connectivity index is 0.000000655. The molecule has 3 N–H and O–H groups in total. The molecule has 9 heteroatoms. The lowest BCUT2D eigenvalue weighted by atomic mass is 10.0. The summed E-state index contributed by atoms with van der Waals surface area (Å²) < 4.78 is 2.98. The van der Waals surface area contributed by atoms with Gasteiger partial charge in [-0.15, -0.1) is 0 Å². The topological polar surface area (TPSA) is 122 Å². The summed E-state index contributed by atoms with van der Waals surface area (Å²) in [5.74, 6) is 0.358. The lowest BCUT2D eigenvalue weighted by Gasteiger charge is -2.14. The van der Waals surface area contributed by atoms with Crippen molar-refractivity contribution in [1.29, 1.82) is 0 Å². The van der Waals surface area contributed by atoms with E-state index in [1.165, 1.54) is 18.4 Å². The standard InChI is InChI=1S/C27H22BrN3O2.CH2O3/c28-24-14-18(8-11-21(24)16-6-7-16)17-3-1-4-20(13-17)31-15-23(27(33)30-19-9-10-19)25(32)22-5-2-12-29-26(22)31;2-1(3)4/h1-5,8,11-16,19H,6-7,9-10H2,(H,30,33);(H2,2,3,4). The van der Waals surface area contributed by atoms with Crippen LogP contribution in [0.3, 0.4) is 0 Å². The summed E-state index contributed by atoms with van der Waals surface area (Å²) >= 11 is 3.74. The van der Waals surface area contributed by atoms with Gasteiger partial charge in [0.05, 0.1) is 5.39 Å². The molecule has 4 aromatic rings. The SMILES string of the molecule is O=C(NC1CC1)c1cn(-c2cccc(-c3ccc(C4CC4)c(Br)c3)c2)c2ncccc2c1=O.O=C(O)O. The van der Waals surface area contributed by atoms with Crippen LogP contribution in [-0.2, 0) is 0 Å². The molecule has 0 bridgehead atoms. The first-order valence-electron chi connectivity index (χ1n) is 11.9. The van der Waals surface area contributed by atoms with Crippen LogP contribution in [0.25, 0.3) is 27.8 Å². The Kier molecular flexibility index (Phi) is 6.80. The van der Waals surface area contributed by atoms with Crippen molar-refractivity contribution in [3.63, 3.8) is 0 Å². The summed E-state index contributed by atoms with van der Waals surface area (Å²) in [5, 5.41) is 17.3. The number of pyridine rings is 2. The number of hydrogen-bond acceptors (Lipinski definition) is 4. The molecule has 0 saturated heterocycles. The third kappa shape index (κ3) is 5.56. The van der Waals surface area contributed by atoms with Gasteiger partial charge in [0.15, 0.2) is 0 Å². The molecule has 2 aliphatic rings. The van der Waals surface area contributed by atoms with Gasteiger partial charge in [0, 0.05) is 28.6 Å². The normalized spacial score (nSPS) is 14.5. The molecule has 2 aromatic carbocycles. The number of carboxylic acid groups (broad SMARTS) is 2. The summed E-state index contributed by atoms with van der Waals surface area (Å²) in [7, 11) is 0. The van der Waals surface area contributed by atoms with Crippen LogP contribution >= 0.6 is 15.9 Å². The Morgan fingerprint density at radius 1 is 0.973 bits per heavy atom. The molecule has 2 saturated carbocycles. The zero-order valence-corrected chi connectivity index (χ0v) is 21.3. The quantitative estimate of drug-likeness (QED) is 0.283. The molecule has 0 atom stereocenters. The van der Waals surface area contributed by atoms with Crippen molar-refractivity contribution >= 4 is 39.0 Å². The highest BCUT2D eigenvalue weighted by Gasteiger charge is 2.27. The van der Waals surface area contributed by atoms with Crippen molar-refractivity contribution in [2.75, 3.05) is 0 Å². The van der Waals surface area contributed by atoms with Gasteiger partial charge in [-0.25, -0.2) is 9.78 Å². The maximum absolute atomic E-state index is 13.1. The number of nitrogens with one attached hydrogen (secondary N) is 1. The van der Waals surface area contributed by atoms with Gasteiger partial charge in [0.1, 0.15) is 11.2 Å². The van der Waals surface area contributed by atoms with Crippen LogP contribution in [0.15, 0.2) is 76.3 Å². The molecule has 0 spiro atoms. The summed E-state index contributed by atoms with van der Waals surface area (Å²) in [6.07, 6.45) is 5.91. The van der Waals surface area contributed by atoms with Gasteiger partial charge in [-0.05, 0) is 78.6 Å². The monoisotopic (exact) mass is 561 g/mol. The third-order valence-electron chi connectivity index (χ3n) is 6.39. The number of aromatic nitrogens is 2. The van der Waals surface area contributed by atoms with E-state index in [1.807, 2.05) is 16.7 Å². The lowest BCUT2D eigenvalue weighted by Crippen LogP contribution is -2.31. The number of fused-ring (bicyclic) bond motifs is 1. The minimum atomic E-state index is -1.83. The first-order valence-corrected chi connectivity index (χ1v) is 12.7. The second kappa shape index (κ2) is 10.2. The van der Waals surface area contributed by atoms with E-state index in [0.29, 0.717) is 17.0 Å². The van der Waals surface area contributed by atoms with Gasteiger partial charge >= 0.3 is 6.16 Å². The predicted molar refractivity (Wildman–Crippen MR) is 144 cm³/mol. The van der Waals surface area contributed by atoms with Crippen LogP contribution in [0.4, 0.5) is 4.79 Å². The Labute approximate surface area is 220 Å². The predicted octanol–water partition coefficient (Wildman–Crippen LogP) is 5.81. The third-order valence-corrected chi connectivity index (χ3v) is 7.08. The molecule has 1 amide bonds. The second-order valence-electron chi connectivity index (χ2n) is 9.21. The summed E-state index contributed by atoms with van der Waals surface area (Å²) in [6.45, 7) is 0. The highest BCUT2D eigenvalue weighted by Crippen LogP contribution is 2.44. The van der Waals surface area contributed by atoms with Crippen LogP contribution in [0, 0.1) is 0 Å². The van der Waals surface area contributed by atoms with E-state index in [-0.39, 0.29) is 22.9 Å². The van der Waals surface area contributed by atoms with Gasteiger partial charge in [0.2, 0.25) is 5.43 Å². The van der Waals surface area contributed by atoms with Crippen LogP contribution in [0.2, 0.25) is 0 Å². The van der Waals surface area contributed by atoms with Crippen molar-refractivity contribution in [3.8, 4) is 16.8 Å². The highest BCUT2D eigenvalue weighted by molar-refractivity contribution is 9.10. The van der Waals surface area contributed by atoms with E-state index in [0.717, 1.165) is 34.1 Å². The van der Waals surface area contributed by atoms with Crippen LogP contribution < -0.4 is 10.7 Å².